The van der Waals surface area contributed by atoms with Crippen molar-refractivity contribution in [1.82, 2.24) is 10.6 Å². The molecule has 1 aromatic carbocycles. The highest BCUT2D eigenvalue weighted by molar-refractivity contribution is 5.84. The van der Waals surface area contributed by atoms with Crippen LogP contribution in [-0.4, -0.2) is 43.9 Å². The summed E-state index contributed by atoms with van der Waals surface area (Å²) in [6.45, 7) is 0.952. The molecule has 2 rings (SSSR count). The van der Waals surface area contributed by atoms with Gasteiger partial charge in [-0.25, -0.2) is 0 Å². The summed E-state index contributed by atoms with van der Waals surface area (Å²) >= 11 is 0. The molecule has 0 radical (unpaired) electrons. The molecule has 0 aliphatic carbocycles. The van der Waals surface area contributed by atoms with Gasteiger partial charge in [-0.2, -0.15) is 0 Å². The summed E-state index contributed by atoms with van der Waals surface area (Å²) < 4.78 is 4.96. The Morgan fingerprint density at radius 2 is 2.37 bits per heavy atom. The van der Waals surface area contributed by atoms with Crippen molar-refractivity contribution in [2.24, 2.45) is 0 Å². The molecular weight excluding hydrogens is 244 g/mol. The lowest BCUT2D eigenvalue weighted by Gasteiger charge is -2.27. The van der Waals surface area contributed by atoms with Gasteiger partial charge in [0.25, 0.3) is 0 Å². The van der Waals surface area contributed by atoms with E-state index in [0.29, 0.717) is 6.61 Å². The van der Waals surface area contributed by atoms with Crippen LogP contribution in [0.15, 0.2) is 24.3 Å². The normalized spacial score (nSPS) is 19.6. The number of amides is 1. The summed E-state index contributed by atoms with van der Waals surface area (Å²) in [4.78, 5) is 12.3. The van der Waals surface area contributed by atoms with Gasteiger partial charge in [0.1, 0.15) is 6.04 Å². The Balaban J connectivity index is 2.08. The molecule has 0 fully saturated rings. The topological polar surface area (TPSA) is 70.6 Å². The fourth-order valence-corrected chi connectivity index (χ4v) is 2.36. The lowest BCUT2D eigenvalue weighted by Crippen LogP contribution is -2.47. The molecule has 0 spiro atoms. The molecule has 2 atom stereocenters. The van der Waals surface area contributed by atoms with Crippen LogP contribution >= 0.6 is 0 Å². The van der Waals surface area contributed by atoms with E-state index in [-0.39, 0.29) is 24.6 Å². The first kappa shape index (κ1) is 14.0. The number of carbonyl (C=O) groups excluding carboxylic acids is 1. The van der Waals surface area contributed by atoms with Gasteiger partial charge in [-0.3, -0.25) is 4.79 Å². The second-order valence-electron chi connectivity index (χ2n) is 4.68. The van der Waals surface area contributed by atoms with Crippen molar-refractivity contribution in [3.8, 4) is 0 Å². The van der Waals surface area contributed by atoms with Crippen LogP contribution in [0.5, 0.6) is 0 Å². The Labute approximate surface area is 113 Å². The molecular formula is C14H20N2O3. The van der Waals surface area contributed by atoms with E-state index in [1.54, 1.807) is 7.11 Å². The standard InChI is InChI=1S/C14H20N2O3/c1-19-9-11(8-17)16-14(18)13-12-5-3-2-4-10(12)6-7-15-13/h2-5,11,13,15,17H,6-9H2,1H3,(H,16,18). The van der Waals surface area contributed by atoms with Gasteiger partial charge in [0.2, 0.25) is 5.91 Å². The minimum absolute atomic E-state index is 0.122. The van der Waals surface area contributed by atoms with Crippen molar-refractivity contribution in [2.45, 2.75) is 18.5 Å². The predicted molar refractivity (Wildman–Crippen MR) is 71.8 cm³/mol. The van der Waals surface area contributed by atoms with Crippen molar-refractivity contribution < 1.29 is 14.6 Å². The molecule has 5 heteroatoms. The van der Waals surface area contributed by atoms with E-state index in [4.69, 9.17) is 4.74 Å². The van der Waals surface area contributed by atoms with Crippen LogP contribution in [0.3, 0.4) is 0 Å². The quantitative estimate of drug-likeness (QED) is 0.700. The van der Waals surface area contributed by atoms with Crippen LogP contribution in [-0.2, 0) is 16.0 Å². The molecule has 3 N–H and O–H groups in total. The maximum Gasteiger partial charge on any atom is 0.242 e. The average molecular weight is 264 g/mol. The van der Waals surface area contributed by atoms with Crippen molar-refractivity contribution in [2.75, 3.05) is 26.9 Å². The Hall–Kier alpha value is -1.43. The van der Waals surface area contributed by atoms with Crippen LogP contribution in [0.4, 0.5) is 0 Å². The third kappa shape index (κ3) is 3.32. The Kier molecular flexibility index (Phi) is 4.90. The van der Waals surface area contributed by atoms with Crippen molar-refractivity contribution in [3.05, 3.63) is 35.4 Å². The minimum Gasteiger partial charge on any atom is -0.394 e. The van der Waals surface area contributed by atoms with E-state index in [1.165, 1.54) is 5.56 Å². The van der Waals surface area contributed by atoms with Crippen LogP contribution in [0, 0.1) is 0 Å². The summed E-state index contributed by atoms with van der Waals surface area (Å²) in [6.07, 6.45) is 0.932. The molecule has 0 saturated heterocycles. The number of ether oxygens (including phenoxy) is 1. The summed E-state index contributed by atoms with van der Waals surface area (Å²) in [5.74, 6) is -0.122. The third-order valence-electron chi connectivity index (χ3n) is 3.31. The van der Waals surface area contributed by atoms with E-state index in [9.17, 15) is 9.90 Å². The van der Waals surface area contributed by atoms with Crippen LogP contribution < -0.4 is 10.6 Å². The SMILES string of the molecule is COCC(CO)NC(=O)C1NCCc2ccccc21. The molecule has 0 saturated carbocycles. The highest BCUT2D eigenvalue weighted by Crippen LogP contribution is 2.22. The number of aliphatic hydroxyl groups excluding tert-OH is 1. The number of aliphatic hydroxyl groups is 1. The van der Waals surface area contributed by atoms with E-state index >= 15 is 0 Å². The van der Waals surface area contributed by atoms with Crippen LogP contribution in [0.25, 0.3) is 0 Å². The van der Waals surface area contributed by atoms with Crippen molar-refractivity contribution >= 4 is 5.91 Å². The molecule has 2 unspecified atom stereocenters. The number of nitrogens with one attached hydrogen (secondary N) is 2. The molecule has 1 aromatic rings. The number of carbonyl (C=O) groups is 1. The number of hydrogen-bond acceptors (Lipinski definition) is 4. The smallest absolute Gasteiger partial charge is 0.242 e. The predicted octanol–water partition coefficient (Wildman–Crippen LogP) is -0.00310. The Morgan fingerprint density at radius 3 is 3.11 bits per heavy atom. The van der Waals surface area contributed by atoms with Crippen LogP contribution in [0.1, 0.15) is 17.2 Å². The molecule has 0 aromatic heterocycles. The number of methoxy groups -OCH3 is 1. The fraction of sp³-hybridized carbons (Fsp3) is 0.500. The average Bonchev–Trinajstić information content (AvgIpc) is 2.46. The second-order valence-corrected chi connectivity index (χ2v) is 4.68. The zero-order valence-electron chi connectivity index (χ0n) is 11.1. The molecule has 1 heterocycles. The number of rotatable bonds is 5. The van der Waals surface area contributed by atoms with E-state index in [2.05, 4.69) is 16.7 Å². The van der Waals surface area contributed by atoms with Gasteiger partial charge >= 0.3 is 0 Å². The maximum absolute atomic E-state index is 12.3. The zero-order valence-corrected chi connectivity index (χ0v) is 11.1. The molecule has 104 valence electrons. The number of benzene rings is 1. The van der Waals surface area contributed by atoms with Gasteiger partial charge in [-0.1, -0.05) is 24.3 Å². The van der Waals surface area contributed by atoms with E-state index in [1.807, 2.05) is 18.2 Å². The van der Waals surface area contributed by atoms with Gasteiger partial charge in [-0.15, -0.1) is 0 Å². The van der Waals surface area contributed by atoms with E-state index in [0.717, 1.165) is 18.5 Å². The van der Waals surface area contributed by atoms with Gasteiger partial charge < -0.3 is 20.5 Å². The summed E-state index contributed by atoms with van der Waals surface area (Å²) in [5.41, 5.74) is 2.22. The first-order valence-corrected chi connectivity index (χ1v) is 6.47. The number of fused-ring (bicyclic) bond motifs is 1. The largest absolute Gasteiger partial charge is 0.394 e. The first-order chi connectivity index (χ1) is 9.26. The highest BCUT2D eigenvalue weighted by Gasteiger charge is 2.26. The van der Waals surface area contributed by atoms with Gasteiger partial charge in [0, 0.05) is 13.7 Å². The van der Waals surface area contributed by atoms with Crippen molar-refractivity contribution in [1.29, 1.82) is 0 Å². The van der Waals surface area contributed by atoms with Gasteiger partial charge in [0.15, 0.2) is 0 Å². The van der Waals surface area contributed by atoms with Gasteiger partial charge in [0.05, 0.1) is 19.3 Å². The minimum atomic E-state index is -0.367. The number of hydrogen-bond donors (Lipinski definition) is 3. The molecule has 5 nitrogen and oxygen atoms in total. The third-order valence-corrected chi connectivity index (χ3v) is 3.31. The monoisotopic (exact) mass is 264 g/mol. The van der Waals surface area contributed by atoms with E-state index < -0.39 is 0 Å². The second kappa shape index (κ2) is 6.65. The molecule has 0 bridgehead atoms. The van der Waals surface area contributed by atoms with Gasteiger partial charge in [-0.05, 0) is 17.5 Å². The van der Waals surface area contributed by atoms with Crippen LogP contribution in [0.2, 0.25) is 0 Å². The molecule has 1 amide bonds. The Morgan fingerprint density at radius 1 is 1.58 bits per heavy atom. The lowest BCUT2D eigenvalue weighted by atomic mass is 9.94. The summed E-state index contributed by atoms with van der Waals surface area (Å²) in [6, 6.07) is 7.22. The lowest BCUT2D eigenvalue weighted by molar-refractivity contribution is -0.124. The maximum atomic E-state index is 12.3. The summed E-state index contributed by atoms with van der Waals surface area (Å²) in [7, 11) is 1.54. The molecule has 1 aliphatic heterocycles. The molecule has 19 heavy (non-hydrogen) atoms. The van der Waals surface area contributed by atoms with Crippen molar-refractivity contribution in [3.63, 3.8) is 0 Å². The first-order valence-electron chi connectivity index (χ1n) is 6.47. The Bertz CT molecular complexity index is 436. The highest BCUT2D eigenvalue weighted by atomic mass is 16.5. The fourth-order valence-electron chi connectivity index (χ4n) is 2.36. The summed E-state index contributed by atoms with van der Waals surface area (Å²) in [5, 5.41) is 15.2. The molecule has 1 aliphatic rings. The zero-order chi connectivity index (χ0) is 13.7.